The fourth-order valence-electron chi connectivity index (χ4n) is 1.71. The van der Waals surface area contributed by atoms with Crippen LogP contribution in [0.5, 0.6) is 0 Å². The minimum Gasteiger partial charge on any atom is -0.398 e. The highest BCUT2D eigenvalue weighted by atomic mass is 16.5. The Labute approximate surface area is 127 Å². The van der Waals surface area contributed by atoms with Gasteiger partial charge in [0.05, 0.1) is 5.56 Å². The van der Waals surface area contributed by atoms with Gasteiger partial charge < -0.3 is 10.3 Å². The van der Waals surface area contributed by atoms with Crippen LogP contribution in [-0.2, 0) is 5.41 Å². The van der Waals surface area contributed by atoms with Crippen LogP contribution >= 0.6 is 0 Å². The highest BCUT2D eigenvalue weighted by Crippen LogP contribution is 2.24. The number of urea groups is 1. The molecular weight excluding hydrogens is 284 g/mol. The van der Waals surface area contributed by atoms with Gasteiger partial charge in [-0.3, -0.25) is 15.4 Å². The molecule has 1 aromatic heterocycles. The highest BCUT2D eigenvalue weighted by Gasteiger charge is 2.21. The zero-order valence-electron chi connectivity index (χ0n) is 12.6. The van der Waals surface area contributed by atoms with E-state index in [0.717, 1.165) is 0 Å². The van der Waals surface area contributed by atoms with Gasteiger partial charge in [0.1, 0.15) is 5.76 Å². The summed E-state index contributed by atoms with van der Waals surface area (Å²) in [6.07, 6.45) is 0. The number of hydrogen-bond acceptors (Lipinski definition) is 5. The molecule has 0 fully saturated rings. The average Bonchev–Trinajstić information content (AvgIpc) is 2.87. The van der Waals surface area contributed by atoms with Crippen molar-refractivity contribution in [1.82, 2.24) is 10.5 Å². The molecule has 0 aliphatic carbocycles. The van der Waals surface area contributed by atoms with Crippen molar-refractivity contribution in [2.75, 3.05) is 11.1 Å². The summed E-state index contributed by atoms with van der Waals surface area (Å²) >= 11 is 0. The summed E-state index contributed by atoms with van der Waals surface area (Å²) < 4.78 is 5.14. The number of anilines is 2. The zero-order chi connectivity index (χ0) is 16.3. The second-order valence-corrected chi connectivity index (χ2v) is 5.82. The summed E-state index contributed by atoms with van der Waals surface area (Å²) in [4.78, 5) is 23.7. The van der Waals surface area contributed by atoms with Crippen molar-refractivity contribution in [3.05, 3.63) is 41.7 Å². The Kier molecular flexibility index (Phi) is 4.16. The Morgan fingerprint density at radius 1 is 1.23 bits per heavy atom. The van der Waals surface area contributed by atoms with Crippen LogP contribution in [0.15, 0.2) is 34.9 Å². The maximum Gasteiger partial charge on any atom is 0.327 e. The first-order valence-electron chi connectivity index (χ1n) is 6.71. The number of imide groups is 1. The van der Waals surface area contributed by atoms with E-state index < -0.39 is 11.9 Å². The lowest BCUT2D eigenvalue weighted by molar-refractivity contribution is 0.0968. The van der Waals surface area contributed by atoms with Crippen molar-refractivity contribution in [2.45, 2.75) is 26.2 Å². The van der Waals surface area contributed by atoms with E-state index >= 15 is 0 Å². The lowest BCUT2D eigenvalue weighted by Crippen LogP contribution is -2.34. The SMILES string of the molecule is CC(C)(C)c1cc(NC(=O)NC(=O)c2ccccc2N)no1. The van der Waals surface area contributed by atoms with Gasteiger partial charge in [0.15, 0.2) is 5.82 Å². The standard InChI is InChI=1S/C15H18N4O3/c1-15(2,3)11-8-12(19-22-11)17-14(21)18-13(20)9-6-4-5-7-10(9)16/h4-8H,16H2,1-3H3,(H2,17,18,19,20,21). The Morgan fingerprint density at radius 2 is 1.91 bits per heavy atom. The van der Waals surface area contributed by atoms with E-state index in [1.165, 1.54) is 6.07 Å². The highest BCUT2D eigenvalue weighted by molar-refractivity contribution is 6.09. The average molecular weight is 302 g/mol. The summed E-state index contributed by atoms with van der Waals surface area (Å²) in [7, 11) is 0. The van der Waals surface area contributed by atoms with Crippen LogP contribution in [-0.4, -0.2) is 17.1 Å². The third-order valence-corrected chi connectivity index (χ3v) is 2.92. The summed E-state index contributed by atoms with van der Waals surface area (Å²) in [5.74, 6) is 0.271. The summed E-state index contributed by atoms with van der Waals surface area (Å²) in [6, 6.07) is 7.39. The molecule has 0 spiro atoms. The van der Waals surface area contributed by atoms with Gasteiger partial charge in [-0.1, -0.05) is 38.1 Å². The Hall–Kier alpha value is -2.83. The van der Waals surface area contributed by atoms with Crippen molar-refractivity contribution in [3.63, 3.8) is 0 Å². The Balaban J connectivity index is 2.00. The number of hydrogen-bond donors (Lipinski definition) is 3. The van der Waals surface area contributed by atoms with E-state index in [2.05, 4.69) is 15.8 Å². The van der Waals surface area contributed by atoms with Crippen molar-refractivity contribution in [3.8, 4) is 0 Å². The fourth-order valence-corrected chi connectivity index (χ4v) is 1.71. The van der Waals surface area contributed by atoms with Crippen molar-refractivity contribution in [1.29, 1.82) is 0 Å². The van der Waals surface area contributed by atoms with Crippen molar-refractivity contribution in [2.24, 2.45) is 0 Å². The van der Waals surface area contributed by atoms with Gasteiger partial charge in [0, 0.05) is 17.2 Å². The number of nitrogens with two attached hydrogens (primary N) is 1. The molecule has 7 nitrogen and oxygen atoms in total. The van der Waals surface area contributed by atoms with Crippen LogP contribution in [0.2, 0.25) is 0 Å². The molecular formula is C15H18N4O3. The molecule has 7 heteroatoms. The van der Waals surface area contributed by atoms with Gasteiger partial charge in [-0.15, -0.1) is 0 Å². The largest absolute Gasteiger partial charge is 0.398 e. The molecule has 0 saturated carbocycles. The molecule has 0 aliphatic rings. The molecule has 0 atom stereocenters. The van der Waals surface area contributed by atoms with Crippen LogP contribution in [0.4, 0.5) is 16.3 Å². The molecule has 0 bridgehead atoms. The molecule has 1 aromatic carbocycles. The first-order chi connectivity index (χ1) is 10.3. The maximum atomic E-state index is 11.9. The number of carbonyl (C=O) groups excluding carboxylic acids is 2. The summed E-state index contributed by atoms with van der Waals surface area (Å²) in [6.45, 7) is 5.87. The Morgan fingerprint density at radius 3 is 2.50 bits per heavy atom. The lowest BCUT2D eigenvalue weighted by Gasteiger charge is -2.12. The van der Waals surface area contributed by atoms with E-state index in [9.17, 15) is 9.59 Å². The molecule has 0 saturated heterocycles. The minimum atomic E-state index is -0.706. The van der Waals surface area contributed by atoms with E-state index in [0.29, 0.717) is 11.4 Å². The normalized spacial score (nSPS) is 11.0. The number of nitrogen functional groups attached to an aromatic ring is 1. The van der Waals surface area contributed by atoms with Crippen LogP contribution in [0, 0.1) is 0 Å². The van der Waals surface area contributed by atoms with Crippen LogP contribution in [0.25, 0.3) is 0 Å². The molecule has 22 heavy (non-hydrogen) atoms. The van der Waals surface area contributed by atoms with Crippen molar-refractivity contribution < 1.29 is 14.1 Å². The molecule has 2 aromatic rings. The number of nitrogens with zero attached hydrogens (tertiary/aromatic N) is 1. The molecule has 2 rings (SSSR count). The quantitative estimate of drug-likeness (QED) is 0.738. The minimum absolute atomic E-state index is 0.224. The third-order valence-electron chi connectivity index (χ3n) is 2.92. The zero-order valence-corrected chi connectivity index (χ0v) is 12.6. The molecule has 3 amide bonds. The van der Waals surface area contributed by atoms with E-state index in [-0.39, 0.29) is 16.8 Å². The molecule has 116 valence electrons. The molecule has 1 heterocycles. The lowest BCUT2D eigenvalue weighted by atomic mass is 9.93. The van der Waals surface area contributed by atoms with Gasteiger partial charge in [0.25, 0.3) is 5.91 Å². The predicted molar refractivity (Wildman–Crippen MR) is 82.5 cm³/mol. The second-order valence-electron chi connectivity index (χ2n) is 5.82. The second kappa shape index (κ2) is 5.88. The number of benzene rings is 1. The van der Waals surface area contributed by atoms with Gasteiger partial charge in [-0.2, -0.15) is 0 Å². The number of carbonyl (C=O) groups is 2. The summed E-state index contributed by atoms with van der Waals surface area (Å²) in [5, 5.41) is 8.36. The van der Waals surface area contributed by atoms with Gasteiger partial charge in [0.2, 0.25) is 0 Å². The fraction of sp³-hybridized carbons (Fsp3) is 0.267. The number of para-hydroxylation sites is 1. The molecule has 4 N–H and O–H groups in total. The topological polar surface area (TPSA) is 110 Å². The number of amides is 3. The first-order valence-corrected chi connectivity index (χ1v) is 6.71. The van der Waals surface area contributed by atoms with Gasteiger partial charge in [-0.05, 0) is 12.1 Å². The van der Waals surface area contributed by atoms with E-state index in [1.54, 1.807) is 24.3 Å². The van der Waals surface area contributed by atoms with Crippen LogP contribution in [0.1, 0.15) is 36.9 Å². The number of aromatic nitrogens is 1. The van der Waals surface area contributed by atoms with E-state index in [4.69, 9.17) is 10.3 Å². The number of nitrogens with one attached hydrogen (secondary N) is 2. The molecule has 0 radical (unpaired) electrons. The number of rotatable bonds is 2. The van der Waals surface area contributed by atoms with Crippen LogP contribution < -0.4 is 16.4 Å². The smallest absolute Gasteiger partial charge is 0.327 e. The summed E-state index contributed by atoms with van der Waals surface area (Å²) in [5.41, 5.74) is 5.98. The third kappa shape index (κ3) is 3.63. The Bertz CT molecular complexity index is 701. The van der Waals surface area contributed by atoms with Gasteiger partial charge >= 0.3 is 6.03 Å². The molecule has 0 aliphatic heterocycles. The first kappa shape index (κ1) is 15.6. The van der Waals surface area contributed by atoms with Crippen molar-refractivity contribution >= 4 is 23.4 Å². The van der Waals surface area contributed by atoms with E-state index in [1.807, 2.05) is 20.8 Å². The maximum absolute atomic E-state index is 11.9. The predicted octanol–water partition coefficient (Wildman–Crippen LogP) is 2.52. The monoisotopic (exact) mass is 302 g/mol. The van der Waals surface area contributed by atoms with Crippen LogP contribution in [0.3, 0.4) is 0 Å². The van der Waals surface area contributed by atoms with Gasteiger partial charge in [-0.25, -0.2) is 4.79 Å². The molecule has 0 unspecified atom stereocenters.